The van der Waals surface area contributed by atoms with Crippen LogP contribution >= 0.6 is 11.6 Å². The first kappa shape index (κ1) is 25.0. The van der Waals surface area contributed by atoms with Crippen molar-refractivity contribution in [3.63, 3.8) is 0 Å². The van der Waals surface area contributed by atoms with Crippen molar-refractivity contribution in [1.29, 1.82) is 0 Å². The van der Waals surface area contributed by atoms with E-state index in [1.54, 1.807) is 42.5 Å². The van der Waals surface area contributed by atoms with E-state index in [1.807, 2.05) is 31.2 Å². The first-order valence-corrected chi connectivity index (χ1v) is 11.8. The highest BCUT2D eigenvalue weighted by Crippen LogP contribution is 2.32. The number of nitrogens with one attached hydrogen (secondary N) is 2. The number of benzene rings is 3. The molecular formula is C28H26ClN3O4. The summed E-state index contributed by atoms with van der Waals surface area (Å²) >= 11 is 6.27. The first-order valence-electron chi connectivity index (χ1n) is 11.4. The Morgan fingerprint density at radius 3 is 2.22 bits per heavy atom. The third-order valence-corrected chi connectivity index (χ3v) is 6.30. The third kappa shape index (κ3) is 4.97. The number of carbonyl (C=O) groups is 3. The van der Waals surface area contributed by atoms with E-state index in [9.17, 15) is 14.4 Å². The van der Waals surface area contributed by atoms with Gasteiger partial charge in [-0.15, -0.1) is 0 Å². The lowest BCUT2D eigenvalue weighted by atomic mass is 10.0. The van der Waals surface area contributed by atoms with Crippen molar-refractivity contribution in [1.82, 2.24) is 0 Å². The van der Waals surface area contributed by atoms with Gasteiger partial charge in [0, 0.05) is 16.9 Å². The maximum absolute atomic E-state index is 13.1. The molecule has 0 spiro atoms. The van der Waals surface area contributed by atoms with Crippen LogP contribution in [-0.2, 0) is 9.59 Å². The third-order valence-electron chi connectivity index (χ3n) is 5.95. The van der Waals surface area contributed by atoms with Gasteiger partial charge in [-0.25, -0.2) is 4.90 Å². The molecule has 0 atom stereocenters. The minimum atomic E-state index is -0.634. The second kappa shape index (κ2) is 10.3. The number of imide groups is 1. The maximum Gasteiger partial charge on any atom is 0.283 e. The summed E-state index contributed by atoms with van der Waals surface area (Å²) in [6.07, 6.45) is 0. The van der Waals surface area contributed by atoms with Crippen LogP contribution in [0.3, 0.4) is 0 Å². The van der Waals surface area contributed by atoms with Gasteiger partial charge in [0.05, 0.1) is 12.8 Å². The zero-order valence-corrected chi connectivity index (χ0v) is 21.1. The summed E-state index contributed by atoms with van der Waals surface area (Å²) in [5.74, 6) is -0.534. The first-order chi connectivity index (χ1) is 17.2. The van der Waals surface area contributed by atoms with Gasteiger partial charge in [-0.2, -0.15) is 0 Å². The van der Waals surface area contributed by atoms with E-state index in [4.69, 9.17) is 16.3 Å². The molecule has 1 aliphatic rings. The highest BCUT2D eigenvalue weighted by molar-refractivity contribution is 6.53. The van der Waals surface area contributed by atoms with Crippen molar-refractivity contribution in [2.45, 2.75) is 26.7 Å². The fourth-order valence-corrected chi connectivity index (χ4v) is 3.98. The lowest BCUT2D eigenvalue weighted by Gasteiger charge is -2.16. The van der Waals surface area contributed by atoms with Gasteiger partial charge >= 0.3 is 0 Å². The lowest BCUT2D eigenvalue weighted by molar-refractivity contribution is -0.120. The molecule has 1 heterocycles. The summed E-state index contributed by atoms with van der Waals surface area (Å²) in [4.78, 5) is 39.8. The van der Waals surface area contributed by atoms with E-state index in [-0.39, 0.29) is 16.6 Å². The topological polar surface area (TPSA) is 87.7 Å². The minimum absolute atomic E-state index is 0.0533. The monoisotopic (exact) mass is 503 g/mol. The molecule has 8 heteroatoms. The van der Waals surface area contributed by atoms with Gasteiger partial charge in [0.25, 0.3) is 17.7 Å². The lowest BCUT2D eigenvalue weighted by Crippen LogP contribution is -2.32. The van der Waals surface area contributed by atoms with Gasteiger partial charge in [0.15, 0.2) is 0 Å². The van der Waals surface area contributed by atoms with Crippen LogP contribution in [0.2, 0.25) is 0 Å². The molecule has 7 nitrogen and oxygen atoms in total. The summed E-state index contributed by atoms with van der Waals surface area (Å²) in [5.41, 5.74) is 3.82. The highest BCUT2D eigenvalue weighted by atomic mass is 35.5. The summed E-state index contributed by atoms with van der Waals surface area (Å²) in [6.45, 7) is 6.04. The fourth-order valence-electron chi connectivity index (χ4n) is 3.76. The van der Waals surface area contributed by atoms with Crippen molar-refractivity contribution in [2.75, 3.05) is 22.6 Å². The van der Waals surface area contributed by atoms with Gasteiger partial charge in [-0.1, -0.05) is 43.6 Å². The smallest absolute Gasteiger partial charge is 0.283 e. The molecule has 0 radical (unpaired) electrons. The molecule has 0 bridgehead atoms. The molecular weight excluding hydrogens is 478 g/mol. The molecule has 0 unspecified atom stereocenters. The molecule has 2 N–H and O–H groups in total. The van der Waals surface area contributed by atoms with E-state index in [0.717, 1.165) is 10.5 Å². The number of aryl methyl sites for hydroxylation is 1. The Labute approximate surface area is 214 Å². The predicted molar refractivity (Wildman–Crippen MR) is 142 cm³/mol. The number of methoxy groups -OCH3 is 1. The Hall–Kier alpha value is -4.10. The van der Waals surface area contributed by atoms with E-state index < -0.39 is 11.8 Å². The number of carbonyl (C=O) groups excluding carboxylic acids is 3. The van der Waals surface area contributed by atoms with E-state index >= 15 is 0 Å². The Kier molecular flexibility index (Phi) is 7.12. The van der Waals surface area contributed by atoms with Crippen LogP contribution in [0.25, 0.3) is 0 Å². The molecule has 3 aromatic rings. The molecule has 3 amide bonds. The van der Waals surface area contributed by atoms with Crippen molar-refractivity contribution < 1.29 is 19.1 Å². The molecule has 0 saturated carbocycles. The second-order valence-corrected chi connectivity index (χ2v) is 9.10. The molecule has 4 rings (SSSR count). The second-order valence-electron chi connectivity index (χ2n) is 8.72. The average Bonchev–Trinajstić information content (AvgIpc) is 3.08. The Balaban J connectivity index is 1.54. The zero-order chi connectivity index (χ0) is 26.0. The van der Waals surface area contributed by atoms with Crippen LogP contribution in [0, 0.1) is 6.92 Å². The average molecular weight is 504 g/mol. The minimum Gasteiger partial charge on any atom is -0.497 e. The van der Waals surface area contributed by atoms with Crippen molar-refractivity contribution in [3.05, 3.63) is 94.1 Å². The molecule has 36 heavy (non-hydrogen) atoms. The molecule has 0 aromatic heterocycles. The fraction of sp³-hybridized carbons (Fsp3) is 0.179. The summed E-state index contributed by atoms with van der Waals surface area (Å²) in [6, 6.07) is 19.3. The van der Waals surface area contributed by atoms with E-state index in [1.165, 1.54) is 12.7 Å². The number of halogens is 1. The highest BCUT2D eigenvalue weighted by Gasteiger charge is 2.39. The number of hydrogen-bond donors (Lipinski definition) is 2. The predicted octanol–water partition coefficient (Wildman–Crippen LogP) is 5.82. The number of ether oxygens (including phenoxy) is 1. The molecule has 184 valence electrons. The van der Waals surface area contributed by atoms with Crippen LogP contribution in [0.4, 0.5) is 17.1 Å². The van der Waals surface area contributed by atoms with Gasteiger partial charge in [-0.05, 0) is 72.5 Å². The number of hydrogen-bond acceptors (Lipinski definition) is 5. The van der Waals surface area contributed by atoms with Crippen molar-refractivity contribution in [3.8, 4) is 5.75 Å². The summed E-state index contributed by atoms with van der Waals surface area (Å²) < 4.78 is 5.13. The Bertz CT molecular complexity index is 1360. The molecule has 1 aliphatic heterocycles. The van der Waals surface area contributed by atoms with Crippen molar-refractivity contribution >= 4 is 46.4 Å². The van der Waals surface area contributed by atoms with Crippen LogP contribution in [0.5, 0.6) is 5.75 Å². The Morgan fingerprint density at radius 2 is 1.61 bits per heavy atom. The quantitative estimate of drug-likeness (QED) is 0.397. The van der Waals surface area contributed by atoms with Crippen molar-refractivity contribution in [2.24, 2.45) is 0 Å². The van der Waals surface area contributed by atoms with Crippen LogP contribution < -0.4 is 20.3 Å². The number of rotatable bonds is 7. The van der Waals surface area contributed by atoms with Gasteiger partial charge in [-0.3, -0.25) is 14.4 Å². The SMILES string of the molecule is COc1ccc(N2C(=O)C(Cl)=C(Nc3cc(C(=O)Nc4ccc(C(C)C)cc4)ccc3C)C2=O)cc1. The van der Waals surface area contributed by atoms with Crippen LogP contribution in [0.15, 0.2) is 77.5 Å². The number of anilines is 3. The molecule has 0 aliphatic carbocycles. The molecule has 0 saturated heterocycles. The zero-order valence-electron chi connectivity index (χ0n) is 20.4. The van der Waals surface area contributed by atoms with Gasteiger partial charge < -0.3 is 15.4 Å². The molecule has 3 aromatic carbocycles. The summed E-state index contributed by atoms with van der Waals surface area (Å²) in [5, 5.41) is 5.63. The number of nitrogens with zero attached hydrogens (tertiary/aromatic N) is 1. The van der Waals surface area contributed by atoms with Gasteiger partial charge in [0.2, 0.25) is 0 Å². The Morgan fingerprint density at radius 1 is 0.944 bits per heavy atom. The van der Waals surface area contributed by atoms with Crippen LogP contribution in [0.1, 0.15) is 41.3 Å². The van der Waals surface area contributed by atoms with E-state index in [2.05, 4.69) is 24.5 Å². The van der Waals surface area contributed by atoms with Gasteiger partial charge in [0.1, 0.15) is 16.5 Å². The largest absolute Gasteiger partial charge is 0.497 e. The molecule has 0 fully saturated rings. The van der Waals surface area contributed by atoms with E-state index in [0.29, 0.717) is 34.3 Å². The standard InChI is InChI=1S/C28H26ClN3O4/c1-16(2)18-7-9-20(10-8-18)30-26(33)19-6-5-17(3)23(15-19)31-25-24(29)27(34)32(28(25)35)21-11-13-22(36-4)14-12-21/h5-16,31H,1-4H3,(H,30,33). The maximum atomic E-state index is 13.1. The normalized spacial score (nSPS) is 13.4. The number of amides is 3. The van der Waals surface area contributed by atoms with Crippen LogP contribution in [-0.4, -0.2) is 24.8 Å². The summed E-state index contributed by atoms with van der Waals surface area (Å²) in [7, 11) is 1.53.